The molecule has 0 aliphatic rings. The molecule has 0 amide bonds. The van der Waals surface area contributed by atoms with Gasteiger partial charge in [0.25, 0.3) is 0 Å². The van der Waals surface area contributed by atoms with E-state index in [0.717, 1.165) is 0 Å². The summed E-state index contributed by atoms with van der Waals surface area (Å²) < 4.78 is 51.3. The predicted octanol–water partition coefficient (Wildman–Crippen LogP) is 3.94. The van der Waals surface area contributed by atoms with Crippen LogP contribution in [0.25, 0.3) is 0 Å². The quantitative estimate of drug-likeness (QED) is 0.653. The summed E-state index contributed by atoms with van der Waals surface area (Å²) in [5.74, 6) is -2.16. The van der Waals surface area contributed by atoms with Crippen molar-refractivity contribution < 1.29 is 22.7 Å². The first-order chi connectivity index (χ1) is 8.29. The Bertz CT molecular complexity index is 448. The zero-order chi connectivity index (χ0) is 13.9. The monoisotopic (exact) mass is 299 g/mol. The summed E-state index contributed by atoms with van der Waals surface area (Å²) in [5.41, 5.74) is 3.85. The Hall–Kier alpha value is -1.27. The summed E-state index contributed by atoms with van der Waals surface area (Å²) in [7, 11) is 0. The van der Waals surface area contributed by atoms with E-state index in [1.54, 1.807) is 0 Å². The normalized spacial score (nSPS) is 12.7. The number of nitrogens with two attached hydrogens (primary N) is 1. The molecular weight excluding hydrogens is 286 g/mol. The molecule has 0 fully saturated rings. The molecule has 0 aliphatic heterocycles. The van der Waals surface area contributed by atoms with Crippen LogP contribution >= 0.6 is 12.4 Å². The van der Waals surface area contributed by atoms with E-state index in [2.05, 4.69) is 6.58 Å². The molecule has 3 N–H and O–H groups in total. The number of phenols is 1. The number of rotatable bonds is 4. The minimum Gasteiger partial charge on any atom is -0.505 e. The van der Waals surface area contributed by atoms with Crippen molar-refractivity contribution in [2.24, 2.45) is 5.73 Å². The van der Waals surface area contributed by atoms with Gasteiger partial charge in [-0.3, -0.25) is 0 Å². The number of benzene rings is 1. The molecule has 0 aromatic heterocycles. The topological polar surface area (TPSA) is 46.2 Å². The molecule has 19 heavy (non-hydrogen) atoms. The average Bonchev–Trinajstić information content (AvgIpc) is 2.27. The summed E-state index contributed by atoms with van der Waals surface area (Å²) >= 11 is 0. The van der Waals surface area contributed by atoms with Gasteiger partial charge in [-0.2, -0.15) is 13.2 Å². The molecular formula is C12H14ClF4NO. The molecule has 2 nitrogen and oxygen atoms in total. The Labute approximate surface area is 114 Å². The van der Waals surface area contributed by atoms with Gasteiger partial charge in [0.15, 0.2) is 11.6 Å². The highest BCUT2D eigenvalue weighted by Gasteiger charge is 2.36. The number of alkyl halides is 3. The van der Waals surface area contributed by atoms with Crippen LogP contribution in [0.2, 0.25) is 0 Å². The highest BCUT2D eigenvalue weighted by Crippen LogP contribution is 2.40. The lowest BCUT2D eigenvalue weighted by Crippen LogP contribution is -2.18. The van der Waals surface area contributed by atoms with Crippen LogP contribution in [0.15, 0.2) is 24.8 Å². The summed E-state index contributed by atoms with van der Waals surface area (Å²) in [4.78, 5) is 0. The van der Waals surface area contributed by atoms with E-state index >= 15 is 0 Å². The first kappa shape index (κ1) is 17.7. The van der Waals surface area contributed by atoms with Crippen LogP contribution in [-0.4, -0.2) is 5.11 Å². The summed E-state index contributed by atoms with van der Waals surface area (Å²) in [5, 5.41) is 9.43. The summed E-state index contributed by atoms with van der Waals surface area (Å²) in [6.07, 6.45) is -2.69. The highest BCUT2D eigenvalue weighted by molar-refractivity contribution is 5.85. The SMILES string of the molecule is C=CCC[C@H](N)c1c(C(F)(F)F)ccc(F)c1O.Cl. The second kappa shape index (κ2) is 6.77. The molecule has 1 atom stereocenters. The van der Waals surface area contributed by atoms with Crippen molar-refractivity contribution in [1.82, 2.24) is 0 Å². The van der Waals surface area contributed by atoms with Crippen molar-refractivity contribution in [3.8, 4) is 5.75 Å². The molecule has 1 aromatic carbocycles. The van der Waals surface area contributed by atoms with E-state index in [9.17, 15) is 22.7 Å². The molecule has 0 unspecified atom stereocenters. The fraction of sp³-hybridized carbons (Fsp3) is 0.333. The van der Waals surface area contributed by atoms with Crippen molar-refractivity contribution >= 4 is 12.4 Å². The summed E-state index contributed by atoms with van der Waals surface area (Å²) in [6, 6.07) is 0.0513. The fourth-order valence-electron chi connectivity index (χ4n) is 1.65. The minimum absolute atomic E-state index is 0. The summed E-state index contributed by atoms with van der Waals surface area (Å²) in [6.45, 7) is 3.42. The average molecular weight is 300 g/mol. The van der Waals surface area contributed by atoms with Gasteiger partial charge in [-0.25, -0.2) is 4.39 Å². The van der Waals surface area contributed by atoms with Gasteiger partial charge in [0, 0.05) is 11.6 Å². The second-order valence-corrected chi connectivity index (χ2v) is 3.83. The lowest BCUT2D eigenvalue weighted by Gasteiger charge is -2.19. The van der Waals surface area contributed by atoms with Gasteiger partial charge in [0.05, 0.1) is 5.56 Å². The van der Waals surface area contributed by atoms with Gasteiger partial charge in [-0.15, -0.1) is 19.0 Å². The van der Waals surface area contributed by atoms with E-state index in [-0.39, 0.29) is 18.8 Å². The minimum atomic E-state index is -4.69. The van der Waals surface area contributed by atoms with E-state index < -0.39 is 34.9 Å². The molecule has 108 valence electrons. The van der Waals surface area contributed by atoms with Gasteiger partial charge >= 0.3 is 6.18 Å². The van der Waals surface area contributed by atoms with E-state index in [4.69, 9.17) is 5.73 Å². The number of allylic oxidation sites excluding steroid dienone is 1. The fourth-order valence-corrected chi connectivity index (χ4v) is 1.65. The first-order valence-corrected chi connectivity index (χ1v) is 5.24. The number of phenolic OH excluding ortho intramolecular Hbond substituents is 1. The largest absolute Gasteiger partial charge is 0.505 e. The van der Waals surface area contributed by atoms with Crippen LogP contribution in [0.5, 0.6) is 5.75 Å². The van der Waals surface area contributed by atoms with Crippen LogP contribution < -0.4 is 5.73 Å². The van der Waals surface area contributed by atoms with Crippen LogP contribution in [-0.2, 0) is 6.18 Å². The van der Waals surface area contributed by atoms with Gasteiger partial charge in [0.2, 0.25) is 0 Å². The first-order valence-electron chi connectivity index (χ1n) is 5.24. The lowest BCUT2D eigenvalue weighted by atomic mass is 9.95. The lowest BCUT2D eigenvalue weighted by molar-refractivity contribution is -0.138. The highest BCUT2D eigenvalue weighted by atomic mass is 35.5. The maximum atomic E-state index is 13.1. The molecule has 0 aliphatic carbocycles. The Kier molecular flexibility index (Phi) is 6.32. The van der Waals surface area contributed by atoms with E-state index in [1.165, 1.54) is 6.08 Å². The molecule has 7 heteroatoms. The Morgan fingerprint density at radius 3 is 2.42 bits per heavy atom. The Morgan fingerprint density at radius 2 is 1.95 bits per heavy atom. The van der Waals surface area contributed by atoms with Gasteiger partial charge < -0.3 is 10.8 Å². The van der Waals surface area contributed by atoms with Crippen molar-refractivity contribution in [3.05, 3.63) is 41.7 Å². The standard InChI is InChI=1S/C12H13F4NO.ClH/c1-2-3-4-9(17)10-7(12(14,15)16)5-6-8(13)11(10)18;/h2,5-6,9,18H,1,3-4,17H2;1H/t9-;/m0./s1. The maximum Gasteiger partial charge on any atom is 0.416 e. The third-order valence-electron chi connectivity index (χ3n) is 2.53. The molecule has 1 aromatic rings. The smallest absolute Gasteiger partial charge is 0.416 e. The van der Waals surface area contributed by atoms with Crippen molar-refractivity contribution in [1.29, 1.82) is 0 Å². The van der Waals surface area contributed by atoms with Crippen molar-refractivity contribution in [3.63, 3.8) is 0 Å². The third-order valence-corrected chi connectivity index (χ3v) is 2.53. The molecule has 1 rings (SSSR count). The zero-order valence-corrected chi connectivity index (χ0v) is 10.7. The molecule has 0 saturated carbocycles. The van der Waals surface area contributed by atoms with E-state index in [0.29, 0.717) is 18.6 Å². The molecule has 0 bridgehead atoms. The molecule has 0 spiro atoms. The molecule has 0 saturated heterocycles. The van der Waals surface area contributed by atoms with Crippen molar-refractivity contribution in [2.45, 2.75) is 25.1 Å². The van der Waals surface area contributed by atoms with Gasteiger partial charge in [0.1, 0.15) is 0 Å². The van der Waals surface area contributed by atoms with Crippen LogP contribution in [0.4, 0.5) is 17.6 Å². The number of halogens is 5. The van der Waals surface area contributed by atoms with E-state index in [1.807, 2.05) is 0 Å². The van der Waals surface area contributed by atoms with Crippen molar-refractivity contribution in [2.75, 3.05) is 0 Å². The second-order valence-electron chi connectivity index (χ2n) is 3.83. The zero-order valence-electron chi connectivity index (χ0n) is 9.88. The van der Waals surface area contributed by atoms with Gasteiger partial charge in [-0.1, -0.05) is 6.08 Å². The third kappa shape index (κ3) is 4.11. The van der Waals surface area contributed by atoms with Crippen LogP contribution in [0.3, 0.4) is 0 Å². The predicted molar refractivity (Wildman–Crippen MR) is 66.7 cm³/mol. The number of aromatic hydroxyl groups is 1. The number of hydrogen-bond donors (Lipinski definition) is 2. The Morgan fingerprint density at radius 1 is 1.37 bits per heavy atom. The number of hydrogen-bond acceptors (Lipinski definition) is 2. The Balaban J connectivity index is 0.00000324. The maximum absolute atomic E-state index is 13.1. The van der Waals surface area contributed by atoms with Crippen LogP contribution in [0.1, 0.15) is 30.0 Å². The van der Waals surface area contributed by atoms with Crippen LogP contribution in [0, 0.1) is 5.82 Å². The molecule has 0 heterocycles. The molecule has 0 radical (unpaired) electrons. The van der Waals surface area contributed by atoms with Gasteiger partial charge in [-0.05, 0) is 25.0 Å².